The zero-order valence-electron chi connectivity index (χ0n) is 13.6. The molecule has 1 N–H and O–H groups in total. The molecule has 1 aromatic carbocycles. The Morgan fingerprint density at radius 2 is 2.00 bits per heavy atom. The molecule has 0 bridgehead atoms. The number of carbonyl (C=O) groups is 1. The zero-order valence-corrected chi connectivity index (χ0v) is 16.9. The first kappa shape index (κ1) is 18.4. The van der Waals surface area contributed by atoms with Gasteiger partial charge >= 0.3 is 0 Å². The van der Waals surface area contributed by atoms with Crippen molar-refractivity contribution in [2.45, 2.75) is 27.8 Å². The highest BCUT2D eigenvalue weighted by molar-refractivity contribution is 8.03. The maximum absolute atomic E-state index is 12.4. The third-order valence-corrected chi connectivity index (χ3v) is 6.99. The van der Waals surface area contributed by atoms with E-state index < -0.39 is 0 Å². The van der Waals surface area contributed by atoms with Crippen LogP contribution in [0.2, 0.25) is 0 Å². The van der Waals surface area contributed by atoms with Gasteiger partial charge in [-0.3, -0.25) is 4.79 Å². The Kier molecular flexibility index (Phi) is 6.46. The Labute approximate surface area is 162 Å². The topological polar surface area (TPSA) is 67.8 Å². The summed E-state index contributed by atoms with van der Waals surface area (Å²) in [5, 5.41) is 13.4. The maximum atomic E-state index is 12.4. The van der Waals surface area contributed by atoms with E-state index >= 15 is 0 Å². The summed E-state index contributed by atoms with van der Waals surface area (Å²) in [5.74, 6) is 0.877. The van der Waals surface area contributed by atoms with Crippen molar-refractivity contribution in [3.63, 3.8) is 0 Å². The molecule has 1 amide bonds. The molecule has 9 heteroatoms. The SMILES string of the molecule is CCSc1nnc(S[C@H](C)C(=O)Nc2nc(-c3ccccc3)cs2)s1. The first-order chi connectivity index (χ1) is 12.2. The Morgan fingerprint density at radius 3 is 2.76 bits per heavy atom. The molecule has 1 atom stereocenters. The van der Waals surface area contributed by atoms with E-state index in [-0.39, 0.29) is 11.2 Å². The molecule has 3 aromatic rings. The minimum absolute atomic E-state index is 0.0844. The number of nitrogens with zero attached hydrogens (tertiary/aromatic N) is 3. The van der Waals surface area contributed by atoms with Gasteiger partial charge in [0.2, 0.25) is 5.91 Å². The quantitative estimate of drug-likeness (QED) is 0.561. The zero-order chi connectivity index (χ0) is 17.6. The smallest absolute Gasteiger partial charge is 0.239 e. The summed E-state index contributed by atoms with van der Waals surface area (Å²) >= 11 is 6.02. The van der Waals surface area contributed by atoms with Gasteiger partial charge in [-0.05, 0) is 12.7 Å². The Bertz CT molecular complexity index is 834. The van der Waals surface area contributed by atoms with Crippen LogP contribution in [0.15, 0.2) is 44.4 Å². The fourth-order valence-corrected chi connectivity index (χ4v) is 5.69. The summed E-state index contributed by atoms with van der Waals surface area (Å²) in [7, 11) is 0. The molecule has 0 spiro atoms. The third-order valence-electron chi connectivity index (χ3n) is 3.11. The van der Waals surface area contributed by atoms with Crippen molar-refractivity contribution in [2.75, 3.05) is 11.1 Å². The maximum Gasteiger partial charge on any atom is 0.239 e. The van der Waals surface area contributed by atoms with Crippen LogP contribution in [0.4, 0.5) is 5.13 Å². The van der Waals surface area contributed by atoms with Crippen molar-refractivity contribution in [3.8, 4) is 11.3 Å². The molecule has 3 rings (SSSR count). The highest BCUT2D eigenvalue weighted by Gasteiger charge is 2.18. The van der Waals surface area contributed by atoms with Crippen molar-refractivity contribution in [2.24, 2.45) is 0 Å². The van der Waals surface area contributed by atoms with E-state index in [1.165, 1.54) is 34.4 Å². The predicted molar refractivity (Wildman–Crippen MR) is 108 cm³/mol. The van der Waals surface area contributed by atoms with Crippen molar-refractivity contribution in [1.82, 2.24) is 15.2 Å². The van der Waals surface area contributed by atoms with Crippen LogP contribution in [-0.4, -0.2) is 32.1 Å². The van der Waals surface area contributed by atoms with Gasteiger partial charge in [0.25, 0.3) is 0 Å². The highest BCUT2D eigenvalue weighted by atomic mass is 32.2. The monoisotopic (exact) mass is 408 g/mol. The van der Waals surface area contributed by atoms with Crippen LogP contribution in [0.1, 0.15) is 13.8 Å². The number of thioether (sulfide) groups is 2. The molecule has 25 heavy (non-hydrogen) atoms. The first-order valence-electron chi connectivity index (χ1n) is 7.60. The second-order valence-corrected chi connectivity index (χ2v) is 9.85. The van der Waals surface area contributed by atoms with E-state index in [4.69, 9.17) is 0 Å². The molecular formula is C16H16N4OS4. The normalized spacial score (nSPS) is 12.1. The lowest BCUT2D eigenvalue weighted by Crippen LogP contribution is -2.22. The number of amides is 1. The van der Waals surface area contributed by atoms with Crippen LogP contribution in [0, 0.1) is 0 Å². The van der Waals surface area contributed by atoms with Crippen molar-refractivity contribution < 1.29 is 4.79 Å². The summed E-state index contributed by atoms with van der Waals surface area (Å²) in [4.78, 5) is 16.9. The fraction of sp³-hybridized carbons (Fsp3) is 0.250. The molecule has 0 saturated carbocycles. The molecule has 0 fully saturated rings. The van der Waals surface area contributed by atoms with Gasteiger partial charge in [-0.2, -0.15) is 0 Å². The second-order valence-electron chi connectivity index (χ2n) is 4.92. The van der Waals surface area contributed by atoms with Gasteiger partial charge in [-0.1, -0.05) is 72.1 Å². The molecule has 130 valence electrons. The predicted octanol–water partition coefficient (Wildman–Crippen LogP) is 4.89. The van der Waals surface area contributed by atoms with Crippen molar-refractivity contribution in [1.29, 1.82) is 0 Å². The number of hydrogen-bond donors (Lipinski definition) is 1. The first-order valence-corrected chi connectivity index (χ1v) is 11.2. The summed E-state index contributed by atoms with van der Waals surface area (Å²) in [5.41, 5.74) is 1.91. The second kappa shape index (κ2) is 8.79. The van der Waals surface area contributed by atoms with Gasteiger partial charge in [-0.25, -0.2) is 4.98 Å². The minimum atomic E-state index is -0.267. The van der Waals surface area contributed by atoms with Gasteiger partial charge < -0.3 is 5.32 Å². The lowest BCUT2D eigenvalue weighted by atomic mass is 10.2. The van der Waals surface area contributed by atoms with E-state index in [0.717, 1.165) is 25.7 Å². The van der Waals surface area contributed by atoms with Crippen LogP contribution in [-0.2, 0) is 4.79 Å². The number of carbonyl (C=O) groups excluding carboxylic acids is 1. The molecule has 2 heterocycles. The van der Waals surface area contributed by atoms with Crippen LogP contribution >= 0.6 is 46.2 Å². The Hall–Kier alpha value is -1.42. The summed E-state index contributed by atoms with van der Waals surface area (Å²) in [6, 6.07) is 9.91. The summed E-state index contributed by atoms with van der Waals surface area (Å²) in [6.07, 6.45) is 0. The molecule has 0 aliphatic carbocycles. The third kappa shape index (κ3) is 5.04. The number of benzene rings is 1. The van der Waals surface area contributed by atoms with Crippen LogP contribution in [0.5, 0.6) is 0 Å². The number of thiazole rings is 1. The lowest BCUT2D eigenvalue weighted by Gasteiger charge is -2.07. The average molecular weight is 409 g/mol. The highest BCUT2D eigenvalue weighted by Crippen LogP contribution is 2.32. The number of rotatable bonds is 7. The number of anilines is 1. The molecule has 0 saturated heterocycles. The Morgan fingerprint density at radius 1 is 1.24 bits per heavy atom. The average Bonchev–Trinajstić information content (AvgIpc) is 3.26. The fourth-order valence-electron chi connectivity index (χ4n) is 1.91. The van der Waals surface area contributed by atoms with Gasteiger partial charge in [0, 0.05) is 10.9 Å². The van der Waals surface area contributed by atoms with E-state index in [1.54, 1.807) is 11.8 Å². The van der Waals surface area contributed by atoms with Gasteiger partial charge in [0.1, 0.15) is 0 Å². The molecular weight excluding hydrogens is 392 g/mol. The van der Waals surface area contributed by atoms with Crippen LogP contribution in [0.3, 0.4) is 0 Å². The minimum Gasteiger partial charge on any atom is -0.301 e. The van der Waals surface area contributed by atoms with Gasteiger partial charge in [0.05, 0.1) is 10.9 Å². The van der Waals surface area contributed by atoms with E-state index in [2.05, 4.69) is 27.4 Å². The van der Waals surface area contributed by atoms with Crippen molar-refractivity contribution >= 4 is 57.2 Å². The largest absolute Gasteiger partial charge is 0.301 e. The molecule has 0 radical (unpaired) electrons. The summed E-state index contributed by atoms with van der Waals surface area (Å²) in [6.45, 7) is 3.94. The molecule has 0 aliphatic rings. The van der Waals surface area contributed by atoms with Crippen LogP contribution < -0.4 is 5.32 Å². The molecule has 0 unspecified atom stereocenters. The summed E-state index contributed by atoms with van der Waals surface area (Å²) < 4.78 is 1.74. The van der Waals surface area contributed by atoms with Crippen molar-refractivity contribution in [3.05, 3.63) is 35.7 Å². The van der Waals surface area contributed by atoms with E-state index in [9.17, 15) is 4.79 Å². The van der Waals surface area contributed by atoms with E-state index in [1.807, 2.05) is 42.6 Å². The molecule has 2 aromatic heterocycles. The standard InChI is InChI=1S/C16H16N4OS4/c1-3-22-15-19-20-16(25-15)24-10(2)13(21)18-14-17-12(9-23-14)11-7-5-4-6-8-11/h4-10H,3H2,1-2H3,(H,17,18,21)/t10-/m1/s1. The lowest BCUT2D eigenvalue weighted by molar-refractivity contribution is -0.115. The molecule has 5 nitrogen and oxygen atoms in total. The number of aromatic nitrogens is 3. The number of nitrogens with one attached hydrogen (secondary N) is 1. The van der Waals surface area contributed by atoms with Gasteiger partial charge in [-0.15, -0.1) is 21.5 Å². The Balaban J connectivity index is 1.59. The van der Waals surface area contributed by atoms with Gasteiger partial charge in [0.15, 0.2) is 13.8 Å². The van der Waals surface area contributed by atoms with E-state index in [0.29, 0.717) is 5.13 Å². The number of hydrogen-bond acceptors (Lipinski definition) is 8. The van der Waals surface area contributed by atoms with Crippen LogP contribution in [0.25, 0.3) is 11.3 Å². The molecule has 0 aliphatic heterocycles.